The minimum Gasteiger partial charge on any atom is -0.339 e. The molecule has 0 bridgehead atoms. The van der Waals surface area contributed by atoms with E-state index in [2.05, 4.69) is 36.2 Å². The van der Waals surface area contributed by atoms with Crippen molar-refractivity contribution < 1.29 is 0 Å². The fourth-order valence-corrected chi connectivity index (χ4v) is 2.59. The third kappa shape index (κ3) is 2.31. The number of thiazole rings is 1. The van der Waals surface area contributed by atoms with Crippen LogP contribution in [0.15, 0.2) is 34.4 Å². The molecule has 0 aliphatic rings. The van der Waals surface area contributed by atoms with Crippen molar-refractivity contribution in [2.24, 2.45) is 0 Å². The lowest BCUT2D eigenvalue weighted by molar-refractivity contribution is 1.15. The average molecular weight is 342 g/mol. The molecule has 90 valence electrons. The van der Waals surface area contributed by atoms with E-state index in [9.17, 15) is 0 Å². The molecule has 7 heteroatoms. The Hall–Kier alpha value is -1.24. The first kappa shape index (κ1) is 11.8. The van der Waals surface area contributed by atoms with E-state index in [0.717, 1.165) is 20.4 Å². The van der Waals surface area contributed by atoms with Crippen molar-refractivity contribution in [2.45, 2.75) is 0 Å². The smallest absolute Gasteiger partial charge is 0.224 e. The van der Waals surface area contributed by atoms with E-state index in [0.29, 0.717) is 5.82 Å². The summed E-state index contributed by atoms with van der Waals surface area (Å²) in [5.41, 5.74) is 3.69. The van der Waals surface area contributed by atoms with Crippen LogP contribution in [0.3, 0.4) is 0 Å². The van der Waals surface area contributed by atoms with E-state index < -0.39 is 0 Å². The first-order valence-corrected chi connectivity index (χ1v) is 7.06. The summed E-state index contributed by atoms with van der Waals surface area (Å²) < 4.78 is 1.91. The summed E-state index contributed by atoms with van der Waals surface area (Å²) in [6.07, 6.45) is 1.61. The van der Waals surface area contributed by atoms with Gasteiger partial charge in [0.2, 0.25) is 5.28 Å². The molecule has 0 unspecified atom stereocenters. The van der Waals surface area contributed by atoms with E-state index >= 15 is 0 Å². The molecule has 1 N–H and O–H groups in total. The number of hydrogen-bond donors (Lipinski definition) is 1. The Balaban J connectivity index is 1.97. The molecule has 0 spiro atoms. The molecule has 0 amide bonds. The van der Waals surface area contributed by atoms with Crippen LogP contribution in [-0.4, -0.2) is 15.0 Å². The maximum atomic E-state index is 5.77. The molecule has 4 nitrogen and oxygen atoms in total. The van der Waals surface area contributed by atoms with Gasteiger partial charge >= 0.3 is 0 Å². The van der Waals surface area contributed by atoms with Crippen LogP contribution in [0.1, 0.15) is 0 Å². The van der Waals surface area contributed by atoms with Gasteiger partial charge in [0.1, 0.15) is 5.82 Å². The quantitative estimate of drug-likeness (QED) is 0.708. The largest absolute Gasteiger partial charge is 0.339 e. The molecule has 0 fully saturated rings. The predicted molar refractivity (Wildman–Crippen MR) is 77.6 cm³/mol. The summed E-state index contributed by atoms with van der Waals surface area (Å²) >= 11 is 10.8. The van der Waals surface area contributed by atoms with Gasteiger partial charge < -0.3 is 5.32 Å². The molecule has 3 aromatic rings. The van der Waals surface area contributed by atoms with Gasteiger partial charge in [-0.05, 0) is 45.7 Å². The fourth-order valence-electron chi connectivity index (χ4n) is 1.51. The lowest BCUT2D eigenvalue weighted by atomic mass is 10.3. The zero-order chi connectivity index (χ0) is 12.5. The highest BCUT2D eigenvalue weighted by Gasteiger charge is 2.05. The standard InChI is InChI=1S/C11H6BrClN4S/c12-7-4-14-11(13)17-10(7)16-6-1-2-9-8(3-6)15-5-18-9/h1-5H,(H,14,16,17). The number of anilines is 2. The van der Waals surface area contributed by atoms with Gasteiger partial charge in [0.25, 0.3) is 0 Å². The second kappa shape index (κ2) is 4.79. The van der Waals surface area contributed by atoms with Crippen LogP contribution in [0, 0.1) is 0 Å². The van der Waals surface area contributed by atoms with Gasteiger partial charge in [0.15, 0.2) is 0 Å². The maximum absolute atomic E-state index is 5.77. The molecule has 2 aromatic heterocycles. The zero-order valence-corrected chi connectivity index (χ0v) is 12.1. The molecule has 1 aromatic carbocycles. The Kier molecular flexibility index (Phi) is 3.15. The topological polar surface area (TPSA) is 50.7 Å². The number of aromatic nitrogens is 3. The Labute approximate surface area is 120 Å². The van der Waals surface area contributed by atoms with Crippen LogP contribution in [0.2, 0.25) is 5.28 Å². The van der Waals surface area contributed by atoms with Crippen LogP contribution in [-0.2, 0) is 0 Å². The molecule has 0 atom stereocenters. The van der Waals surface area contributed by atoms with Gasteiger partial charge in [-0.1, -0.05) is 0 Å². The number of nitrogens with zero attached hydrogens (tertiary/aromatic N) is 3. The molecule has 0 saturated carbocycles. The lowest BCUT2D eigenvalue weighted by Crippen LogP contribution is -1.96. The van der Waals surface area contributed by atoms with Crippen molar-refractivity contribution in [2.75, 3.05) is 5.32 Å². The van der Waals surface area contributed by atoms with E-state index in [1.165, 1.54) is 0 Å². The number of hydrogen-bond acceptors (Lipinski definition) is 5. The molecule has 0 aliphatic carbocycles. The second-order valence-corrected chi connectivity index (χ2v) is 5.57. The van der Waals surface area contributed by atoms with Gasteiger partial charge in [-0.25, -0.2) is 9.97 Å². The Morgan fingerprint density at radius 2 is 2.17 bits per heavy atom. The predicted octanol–water partition coefficient (Wildman–Crippen LogP) is 4.25. The van der Waals surface area contributed by atoms with Crippen molar-refractivity contribution in [3.63, 3.8) is 0 Å². The monoisotopic (exact) mass is 340 g/mol. The Bertz CT molecular complexity index is 715. The lowest BCUT2D eigenvalue weighted by Gasteiger charge is -2.07. The van der Waals surface area contributed by atoms with Crippen molar-refractivity contribution in [1.29, 1.82) is 0 Å². The highest BCUT2D eigenvalue weighted by Crippen LogP contribution is 2.27. The number of benzene rings is 1. The minimum atomic E-state index is 0.204. The molecule has 0 saturated heterocycles. The van der Waals surface area contributed by atoms with E-state index in [-0.39, 0.29) is 5.28 Å². The molecule has 3 rings (SSSR count). The van der Waals surface area contributed by atoms with Crippen LogP contribution in [0.25, 0.3) is 10.2 Å². The molecule has 18 heavy (non-hydrogen) atoms. The average Bonchev–Trinajstić information content (AvgIpc) is 2.81. The summed E-state index contributed by atoms with van der Waals surface area (Å²) in [5, 5.41) is 3.38. The van der Waals surface area contributed by atoms with Gasteiger partial charge in [0.05, 0.1) is 20.2 Å². The van der Waals surface area contributed by atoms with Gasteiger partial charge in [0, 0.05) is 11.9 Å². The van der Waals surface area contributed by atoms with Crippen LogP contribution in [0.5, 0.6) is 0 Å². The number of halogens is 2. The summed E-state index contributed by atoms with van der Waals surface area (Å²) in [4.78, 5) is 12.3. The number of nitrogens with one attached hydrogen (secondary N) is 1. The summed E-state index contributed by atoms with van der Waals surface area (Å²) in [5.74, 6) is 0.629. The first-order valence-electron chi connectivity index (χ1n) is 5.01. The molecule has 2 heterocycles. The van der Waals surface area contributed by atoms with Crippen molar-refractivity contribution >= 4 is 60.6 Å². The van der Waals surface area contributed by atoms with Crippen molar-refractivity contribution in [3.05, 3.63) is 39.7 Å². The van der Waals surface area contributed by atoms with Gasteiger partial charge in [-0.15, -0.1) is 11.3 Å². The maximum Gasteiger partial charge on any atom is 0.224 e. The number of rotatable bonds is 2. The summed E-state index contributed by atoms with van der Waals surface area (Å²) in [6, 6.07) is 5.96. The van der Waals surface area contributed by atoms with Crippen LogP contribution in [0.4, 0.5) is 11.5 Å². The second-order valence-electron chi connectivity index (χ2n) is 3.50. The Morgan fingerprint density at radius 3 is 3.06 bits per heavy atom. The minimum absolute atomic E-state index is 0.204. The molecule has 0 aliphatic heterocycles. The SMILES string of the molecule is Clc1ncc(Br)c(Nc2ccc3scnc3c2)n1. The first-order chi connectivity index (χ1) is 8.72. The van der Waals surface area contributed by atoms with Crippen LogP contribution >= 0.6 is 38.9 Å². The summed E-state index contributed by atoms with van der Waals surface area (Å²) in [7, 11) is 0. The molecule has 0 radical (unpaired) electrons. The molecular weight excluding hydrogens is 336 g/mol. The highest BCUT2D eigenvalue weighted by atomic mass is 79.9. The van der Waals surface area contributed by atoms with Crippen molar-refractivity contribution in [3.8, 4) is 0 Å². The normalized spacial score (nSPS) is 10.8. The highest BCUT2D eigenvalue weighted by molar-refractivity contribution is 9.10. The van der Waals surface area contributed by atoms with E-state index in [4.69, 9.17) is 11.6 Å². The third-order valence-corrected chi connectivity index (χ3v) is 3.88. The number of fused-ring (bicyclic) bond motifs is 1. The Morgan fingerprint density at radius 1 is 1.28 bits per heavy atom. The zero-order valence-electron chi connectivity index (χ0n) is 8.89. The van der Waals surface area contributed by atoms with E-state index in [1.807, 2.05) is 23.7 Å². The van der Waals surface area contributed by atoms with Crippen molar-refractivity contribution in [1.82, 2.24) is 15.0 Å². The van der Waals surface area contributed by atoms with Crippen LogP contribution < -0.4 is 5.32 Å². The van der Waals surface area contributed by atoms with Gasteiger partial charge in [-0.2, -0.15) is 4.98 Å². The summed E-state index contributed by atoms with van der Waals surface area (Å²) in [6.45, 7) is 0. The third-order valence-electron chi connectivity index (χ3n) is 2.31. The van der Waals surface area contributed by atoms with Gasteiger partial charge in [-0.3, -0.25) is 0 Å². The fraction of sp³-hybridized carbons (Fsp3) is 0. The van der Waals surface area contributed by atoms with E-state index in [1.54, 1.807) is 17.5 Å². The molecular formula is C11H6BrClN4S.